The summed E-state index contributed by atoms with van der Waals surface area (Å²) in [6.45, 7) is 2.82. The highest BCUT2D eigenvalue weighted by molar-refractivity contribution is 5.76. The van der Waals surface area contributed by atoms with Gasteiger partial charge in [-0.2, -0.15) is 13.2 Å². The quantitative estimate of drug-likeness (QED) is 0.655. The second-order valence-electron chi connectivity index (χ2n) is 3.66. The minimum absolute atomic E-state index is 0.186. The molecule has 1 heterocycles. The number of hydrogen-bond acceptors (Lipinski definition) is 4. The van der Waals surface area contributed by atoms with Crippen LogP contribution in [0.25, 0.3) is 0 Å². The maximum atomic E-state index is 12.0. The van der Waals surface area contributed by atoms with Gasteiger partial charge >= 0.3 is 12.1 Å². The average Bonchev–Trinajstić information content (AvgIpc) is 2.09. The van der Waals surface area contributed by atoms with Crippen molar-refractivity contribution in [2.75, 3.05) is 26.7 Å². The molecule has 1 N–H and O–H groups in total. The van der Waals surface area contributed by atoms with E-state index < -0.39 is 17.9 Å². The summed E-state index contributed by atoms with van der Waals surface area (Å²) < 4.78 is 40.4. The molecule has 1 unspecified atom stereocenters. The van der Waals surface area contributed by atoms with Gasteiger partial charge in [-0.25, -0.2) is 4.79 Å². The van der Waals surface area contributed by atoms with Crippen LogP contribution < -0.4 is 5.32 Å². The number of halogens is 3. The predicted molar refractivity (Wildman–Crippen MR) is 46.1 cm³/mol. The highest BCUT2D eigenvalue weighted by Crippen LogP contribution is 2.23. The van der Waals surface area contributed by atoms with Crippen LogP contribution >= 0.6 is 0 Å². The van der Waals surface area contributed by atoms with Crippen LogP contribution in [0.2, 0.25) is 0 Å². The Kier molecular flexibility index (Phi) is 3.25. The lowest BCUT2D eigenvalue weighted by Gasteiger charge is -2.41. The smallest absolute Gasteiger partial charge is 0.436 e. The molecule has 1 rings (SSSR count). The highest BCUT2D eigenvalue weighted by atomic mass is 19.4. The Balaban J connectivity index is 2.66. The van der Waals surface area contributed by atoms with Gasteiger partial charge in [-0.1, -0.05) is 0 Å². The molecule has 4 nitrogen and oxygen atoms in total. The summed E-state index contributed by atoms with van der Waals surface area (Å²) in [5, 5.41) is 2.88. The lowest BCUT2D eigenvalue weighted by molar-refractivity contribution is -0.228. The van der Waals surface area contributed by atoms with E-state index in [9.17, 15) is 18.0 Å². The zero-order chi connectivity index (χ0) is 11.7. The highest BCUT2D eigenvalue weighted by Gasteiger charge is 2.46. The molecule has 0 spiro atoms. The molecule has 0 saturated carbocycles. The zero-order valence-corrected chi connectivity index (χ0v) is 8.52. The molecule has 1 saturated heterocycles. The standard InChI is InChI=1S/C8H13F3N2O2/c1-7(5-12-3-4-13(7)2)15-6(14)8(9,10)11/h12H,3-5H2,1-2H3. The topological polar surface area (TPSA) is 41.6 Å². The molecule has 0 aromatic rings. The second kappa shape index (κ2) is 3.97. The number of nitrogens with one attached hydrogen (secondary N) is 1. The molecule has 1 aliphatic heterocycles. The van der Waals surface area contributed by atoms with Gasteiger partial charge in [-0.05, 0) is 14.0 Å². The minimum Gasteiger partial charge on any atom is -0.436 e. The van der Waals surface area contributed by atoms with Gasteiger partial charge in [0.1, 0.15) is 0 Å². The van der Waals surface area contributed by atoms with Crippen LogP contribution in [0.15, 0.2) is 0 Å². The van der Waals surface area contributed by atoms with Crippen LogP contribution in [0.4, 0.5) is 13.2 Å². The first-order chi connectivity index (χ1) is 6.76. The Morgan fingerprint density at radius 3 is 2.60 bits per heavy atom. The van der Waals surface area contributed by atoms with E-state index in [1.165, 1.54) is 6.92 Å². The van der Waals surface area contributed by atoms with Crippen LogP contribution in [-0.4, -0.2) is 49.5 Å². The third kappa shape index (κ3) is 2.82. The number of piperazine rings is 1. The van der Waals surface area contributed by atoms with Gasteiger partial charge in [0.15, 0.2) is 5.72 Å². The van der Waals surface area contributed by atoms with Crippen molar-refractivity contribution in [3.05, 3.63) is 0 Å². The monoisotopic (exact) mass is 226 g/mol. The maximum Gasteiger partial charge on any atom is 0.490 e. The summed E-state index contributed by atoms with van der Waals surface area (Å²) in [5.41, 5.74) is -1.23. The van der Waals surface area contributed by atoms with Gasteiger partial charge in [0.05, 0.1) is 0 Å². The van der Waals surface area contributed by atoms with Crippen LogP contribution in [-0.2, 0) is 9.53 Å². The maximum absolute atomic E-state index is 12.0. The van der Waals surface area contributed by atoms with E-state index in [4.69, 9.17) is 0 Å². The normalized spacial score (nSPS) is 28.9. The summed E-state index contributed by atoms with van der Waals surface area (Å²) in [4.78, 5) is 12.3. The van der Waals surface area contributed by atoms with Crippen LogP contribution in [0.3, 0.4) is 0 Å². The first-order valence-electron chi connectivity index (χ1n) is 4.48. The molecule has 0 amide bonds. The lowest BCUT2D eigenvalue weighted by Crippen LogP contribution is -2.60. The molecule has 88 valence electrons. The zero-order valence-electron chi connectivity index (χ0n) is 8.52. The Bertz CT molecular complexity index is 257. The van der Waals surface area contributed by atoms with Gasteiger partial charge in [0, 0.05) is 19.6 Å². The number of esters is 1. The molecule has 0 bridgehead atoms. The first kappa shape index (κ1) is 12.3. The minimum atomic E-state index is -4.94. The van der Waals surface area contributed by atoms with Crippen molar-refractivity contribution in [2.45, 2.75) is 18.8 Å². The number of ether oxygens (including phenoxy) is 1. The molecule has 15 heavy (non-hydrogen) atoms. The second-order valence-corrected chi connectivity index (χ2v) is 3.66. The van der Waals surface area contributed by atoms with E-state index in [0.717, 1.165) is 0 Å². The van der Waals surface area contributed by atoms with E-state index >= 15 is 0 Å². The molecular weight excluding hydrogens is 213 g/mol. The third-order valence-corrected chi connectivity index (χ3v) is 2.43. The largest absolute Gasteiger partial charge is 0.490 e. The van der Waals surface area contributed by atoms with E-state index in [1.807, 2.05) is 0 Å². The lowest BCUT2D eigenvalue weighted by atomic mass is 10.2. The predicted octanol–water partition coefficient (Wildman–Crippen LogP) is 0.343. The number of alkyl halides is 3. The van der Waals surface area contributed by atoms with Crippen LogP contribution in [0.1, 0.15) is 6.92 Å². The van der Waals surface area contributed by atoms with Crippen molar-refractivity contribution in [2.24, 2.45) is 0 Å². The molecule has 0 radical (unpaired) electrons. The molecule has 0 aromatic heterocycles. The number of likely N-dealkylation sites (N-methyl/N-ethyl adjacent to an activating group) is 1. The summed E-state index contributed by atoms with van der Waals surface area (Å²) in [5.74, 6) is -2.15. The number of hydrogen-bond donors (Lipinski definition) is 1. The summed E-state index contributed by atoms with van der Waals surface area (Å²) in [7, 11) is 1.62. The van der Waals surface area contributed by atoms with Crippen molar-refractivity contribution in [3.63, 3.8) is 0 Å². The van der Waals surface area contributed by atoms with Crippen LogP contribution in [0, 0.1) is 0 Å². The van der Waals surface area contributed by atoms with Gasteiger partial charge in [-0.15, -0.1) is 0 Å². The molecule has 1 aliphatic rings. The fourth-order valence-electron chi connectivity index (χ4n) is 1.31. The van der Waals surface area contributed by atoms with Crippen molar-refractivity contribution in [1.29, 1.82) is 0 Å². The number of carbonyl (C=O) groups is 1. The Labute approximate surface area is 85.4 Å². The molecule has 7 heteroatoms. The number of carbonyl (C=O) groups excluding carboxylic acids is 1. The molecule has 1 atom stereocenters. The van der Waals surface area contributed by atoms with Gasteiger partial charge in [0.25, 0.3) is 0 Å². The Morgan fingerprint density at radius 1 is 1.53 bits per heavy atom. The molecular formula is C8H13F3N2O2. The molecule has 0 aliphatic carbocycles. The summed E-state index contributed by atoms with van der Waals surface area (Å²) in [6.07, 6.45) is -4.94. The fraction of sp³-hybridized carbons (Fsp3) is 0.875. The first-order valence-corrected chi connectivity index (χ1v) is 4.48. The van der Waals surface area contributed by atoms with E-state index in [2.05, 4.69) is 10.1 Å². The molecule has 0 aromatic carbocycles. The van der Waals surface area contributed by atoms with Crippen molar-refractivity contribution in [3.8, 4) is 0 Å². The molecule has 1 fully saturated rings. The van der Waals surface area contributed by atoms with E-state index in [-0.39, 0.29) is 6.54 Å². The van der Waals surface area contributed by atoms with Gasteiger partial charge in [0.2, 0.25) is 0 Å². The van der Waals surface area contributed by atoms with E-state index in [1.54, 1.807) is 11.9 Å². The number of rotatable bonds is 1. The SMILES string of the molecule is CN1CCNCC1(C)OC(=O)C(F)(F)F. The fourth-order valence-corrected chi connectivity index (χ4v) is 1.31. The van der Waals surface area contributed by atoms with E-state index in [0.29, 0.717) is 13.1 Å². The van der Waals surface area contributed by atoms with Gasteiger partial charge < -0.3 is 10.1 Å². The summed E-state index contributed by atoms with van der Waals surface area (Å²) in [6, 6.07) is 0. The van der Waals surface area contributed by atoms with Gasteiger partial charge in [-0.3, -0.25) is 4.90 Å². The number of nitrogens with zero attached hydrogens (tertiary/aromatic N) is 1. The van der Waals surface area contributed by atoms with Crippen molar-refractivity contribution in [1.82, 2.24) is 10.2 Å². The van der Waals surface area contributed by atoms with Crippen molar-refractivity contribution < 1.29 is 22.7 Å². The Morgan fingerprint density at radius 2 is 2.13 bits per heavy atom. The summed E-state index contributed by atoms with van der Waals surface area (Å²) >= 11 is 0. The average molecular weight is 226 g/mol. The van der Waals surface area contributed by atoms with Crippen molar-refractivity contribution >= 4 is 5.97 Å². The third-order valence-electron chi connectivity index (χ3n) is 2.43. The van der Waals surface area contributed by atoms with Crippen LogP contribution in [0.5, 0.6) is 0 Å². The Hall–Kier alpha value is -0.820.